The van der Waals surface area contributed by atoms with Gasteiger partial charge < -0.3 is 19.6 Å². The molecular weight excluding hydrogens is 456 g/mol. The maximum Gasteiger partial charge on any atom is 0.274 e. The number of rotatable bonds is 4. The van der Waals surface area contributed by atoms with Crippen molar-refractivity contribution < 1.29 is 14.4 Å². The predicted octanol–water partition coefficient (Wildman–Crippen LogP) is 1.64. The van der Waals surface area contributed by atoms with Crippen LogP contribution in [0, 0.1) is 13.8 Å². The number of benzene rings is 1. The van der Waals surface area contributed by atoms with E-state index >= 15 is 0 Å². The second-order valence-electron chi connectivity index (χ2n) is 10.2. The van der Waals surface area contributed by atoms with Crippen molar-refractivity contribution in [1.29, 1.82) is 0 Å². The van der Waals surface area contributed by atoms with Crippen molar-refractivity contribution in [3.8, 4) is 0 Å². The second kappa shape index (κ2) is 9.95. The predicted molar refractivity (Wildman–Crippen MR) is 137 cm³/mol. The van der Waals surface area contributed by atoms with Gasteiger partial charge in [0.25, 0.3) is 5.91 Å². The van der Waals surface area contributed by atoms with Crippen molar-refractivity contribution in [2.24, 2.45) is 0 Å². The first-order valence-electron chi connectivity index (χ1n) is 13.0. The third-order valence-electron chi connectivity index (χ3n) is 8.06. The molecule has 1 aliphatic carbocycles. The number of likely N-dealkylation sites (N-methyl/N-ethyl adjacent to an activating group) is 1. The maximum atomic E-state index is 13.4. The molecule has 192 valence electrons. The first kappa shape index (κ1) is 24.3. The Labute approximate surface area is 212 Å². The fraction of sp³-hybridized carbons (Fsp3) is 0.556. The molecule has 3 aliphatic rings. The Balaban J connectivity index is 1.25. The van der Waals surface area contributed by atoms with Crippen molar-refractivity contribution in [2.45, 2.75) is 46.1 Å². The summed E-state index contributed by atoms with van der Waals surface area (Å²) in [6.45, 7) is 8.86. The molecule has 0 spiro atoms. The van der Waals surface area contributed by atoms with E-state index in [0.717, 1.165) is 43.6 Å². The zero-order valence-corrected chi connectivity index (χ0v) is 21.6. The van der Waals surface area contributed by atoms with E-state index in [2.05, 4.69) is 42.0 Å². The normalized spacial score (nSPS) is 18.5. The summed E-state index contributed by atoms with van der Waals surface area (Å²) in [5, 5.41) is 4.66. The van der Waals surface area contributed by atoms with E-state index in [1.54, 1.807) is 21.5 Å². The van der Waals surface area contributed by atoms with Gasteiger partial charge in [-0.3, -0.25) is 19.1 Å². The number of carbonyl (C=O) groups is 3. The lowest BCUT2D eigenvalue weighted by Gasteiger charge is -2.37. The first-order chi connectivity index (χ1) is 17.3. The number of anilines is 1. The summed E-state index contributed by atoms with van der Waals surface area (Å²) in [7, 11) is 1.77. The summed E-state index contributed by atoms with van der Waals surface area (Å²) >= 11 is 0. The highest BCUT2D eigenvalue weighted by Gasteiger charge is 2.32. The lowest BCUT2D eigenvalue weighted by Crippen LogP contribution is -2.50. The molecule has 3 heterocycles. The van der Waals surface area contributed by atoms with E-state index in [1.165, 1.54) is 16.8 Å². The van der Waals surface area contributed by atoms with E-state index < -0.39 is 0 Å². The third kappa shape index (κ3) is 4.58. The van der Waals surface area contributed by atoms with Gasteiger partial charge in [0.05, 0.1) is 0 Å². The molecule has 3 amide bonds. The maximum absolute atomic E-state index is 13.4. The van der Waals surface area contributed by atoms with Gasteiger partial charge in [-0.2, -0.15) is 5.10 Å². The molecule has 5 rings (SSSR count). The molecule has 1 aromatic carbocycles. The van der Waals surface area contributed by atoms with Crippen LogP contribution < -0.4 is 4.90 Å². The minimum absolute atomic E-state index is 0.0498. The molecule has 0 bridgehead atoms. The highest BCUT2D eigenvalue weighted by Crippen LogP contribution is 2.27. The summed E-state index contributed by atoms with van der Waals surface area (Å²) in [4.78, 5) is 46.3. The summed E-state index contributed by atoms with van der Waals surface area (Å²) in [6, 6.07) is 6.38. The molecule has 9 nitrogen and oxygen atoms in total. The fourth-order valence-electron chi connectivity index (χ4n) is 5.60. The lowest BCUT2D eigenvalue weighted by molar-refractivity contribution is -0.132. The van der Waals surface area contributed by atoms with Gasteiger partial charge in [-0.05, 0) is 50.3 Å². The van der Waals surface area contributed by atoms with Gasteiger partial charge in [0.1, 0.15) is 6.54 Å². The summed E-state index contributed by atoms with van der Waals surface area (Å²) in [6.07, 6.45) is 2.95. The van der Waals surface area contributed by atoms with Crippen molar-refractivity contribution >= 4 is 23.4 Å². The van der Waals surface area contributed by atoms with E-state index in [0.29, 0.717) is 44.8 Å². The number of aromatic nitrogens is 2. The Kier molecular flexibility index (Phi) is 6.73. The van der Waals surface area contributed by atoms with Crippen molar-refractivity contribution in [1.82, 2.24) is 24.5 Å². The fourth-order valence-corrected chi connectivity index (χ4v) is 5.60. The molecule has 0 unspecified atom stereocenters. The molecule has 2 aromatic rings. The highest BCUT2D eigenvalue weighted by atomic mass is 16.2. The highest BCUT2D eigenvalue weighted by molar-refractivity contribution is 5.95. The molecule has 0 N–H and O–H groups in total. The van der Waals surface area contributed by atoms with Crippen LogP contribution in [0.3, 0.4) is 0 Å². The lowest BCUT2D eigenvalue weighted by atomic mass is 10.1. The van der Waals surface area contributed by atoms with Crippen LogP contribution in [0.5, 0.6) is 0 Å². The average Bonchev–Trinajstić information content (AvgIpc) is 3.44. The molecule has 1 aromatic heterocycles. The smallest absolute Gasteiger partial charge is 0.274 e. The Morgan fingerprint density at radius 3 is 2.44 bits per heavy atom. The summed E-state index contributed by atoms with van der Waals surface area (Å²) < 4.78 is 1.77. The number of amides is 3. The van der Waals surface area contributed by atoms with Gasteiger partial charge in [-0.25, -0.2) is 0 Å². The SMILES string of the molecule is Cc1cccc(N2CCN(C(=O)Cn3nc(C(=O)N4CCC(=O)N(C)CC4)c4c3CCC4)CC2)c1C. The van der Waals surface area contributed by atoms with Gasteiger partial charge in [-0.1, -0.05) is 12.1 Å². The van der Waals surface area contributed by atoms with E-state index in [1.807, 2.05) is 4.90 Å². The number of aryl methyl sites for hydroxylation is 1. The van der Waals surface area contributed by atoms with Crippen LogP contribution in [0.25, 0.3) is 0 Å². The minimum atomic E-state index is -0.121. The number of hydrogen-bond acceptors (Lipinski definition) is 5. The summed E-state index contributed by atoms with van der Waals surface area (Å²) in [5.74, 6) is -0.0114. The monoisotopic (exact) mass is 492 g/mol. The zero-order valence-electron chi connectivity index (χ0n) is 21.6. The standard InChI is InChI=1S/C27H36N6O3/c1-19-6-4-8-22(20(19)2)30-14-16-31(17-15-30)25(35)18-33-23-9-5-7-21(23)26(28-33)27(36)32-11-10-24(34)29(3)12-13-32/h4,6,8H,5,7,9-18H2,1-3H3. The summed E-state index contributed by atoms with van der Waals surface area (Å²) in [5.41, 5.74) is 6.29. The van der Waals surface area contributed by atoms with E-state index in [-0.39, 0.29) is 24.3 Å². The van der Waals surface area contributed by atoms with Crippen LogP contribution in [-0.4, -0.2) is 95.1 Å². The Morgan fingerprint density at radius 2 is 1.67 bits per heavy atom. The molecule has 36 heavy (non-hydrogen) atoms. The van der Waals surface area contributed by atoms with E-state index in [9.17, 15) is 14.4 Å². The molecule has 0 saturated carbocycles. The molecular formula is C27H36N6O3. The molecule has 2 fully saturated rings. The number of nitrogens with zero attached hydrogens (tertiary/aromatic N) is 6. The van der Waals surface area contributed by atoms with Crippen molar-refractivity contribution in [3.63, 3.8) is 0 Å². The number of piperazine rings is 1. The number of carbonyl (C=O) groups excluding carboxylic acids is 3. The van der Waals surface area contributed by atoms with Crippen LogP contribution in [-0.2, 0) is 29.0 Å². The molecule has 0 atom stereocenters. The molecule has 0 radical (unpaired) electrons. The molecule has 9 heteroatoms. The number of hydrogen-bond donors (Lipinski definition) is 0. The van der Waals surface area contributed by atoms with Gasteiger partial charge in [0, 0.05) is 76.2 Å². The average molecular weight is 493 g/mol. The Morgan fingerprint density at radius 1 is 0.917 bits per heavy atom. The topological polar surface area (TPSA) is 82.0 Å². The largest absolute Gasteiger partial charge is 0.368 e. The molecule has 2 aliphatic heterocycles. The Bertz CT molecular complexity index is 1180. The van der Waals surface area contributed by atoms with Gasteiger partial charge in [0.2, 0.25) is 11.8 Å². The van der Waals surface area contributed by atoms with Crippen LogP contribution in [0.15, 0.2) is 18.2 Å². The second-order valence-corrected chi connectivity index (χ2v) is 10.2. The number of fused-ring (bicyclic) bond motifs is 1. The first-order valence-corrected chi connectivity index (χ1v) is 13.0. The van der Waals surface area contributed by atoms with Gasteiger partial charge >= 0.3 is 0 Å². The van der Waals surface area contributed by atoms with Crippen LogP contribution in [0.1, 0.15) is 45.7 Å². The molecule has 2 saturated heterocycles. The van der Waals surface area contributed by atoms with Crippen molar-refractivity contribution in [2.75, 3.05) is 57.8 Å². The van der Waals surface area contributed by atoms with Crippen LogP contribution >= 0.6 is 0 Å². The van der Waals surface area contributed by atoms with Gasteiger partial charge in [-0.15, -0.1) is 0 Å². The van der Waals surface area contributed by atoms with Crippen molar-refractivity contribution in [3.05, 3.63) is 46.3 Å². The quantitative estimate of drug-likeness (QED) is 0.648. The van der Waals surface area contributed by atoms with Gasteiger partial charge in [0.15, 0.2) is 5.69 Å². The third-order valence-corrected chi connectivity index (χ3v) is 8.06. The van der Waals surface area contributed by atoms with Crippen LogP contribution in [0.4, 0.5) is 5.69 Å². The Hall–Kier alpha value is -3.36. The van der Waals surface area contributed by atoms with E-state index in [4.69, 9.17) is 0 Å². The zero-order chi connectivity index (χ0) is 25.4. The van der Waals surface area contributed by atoms with Crippen LogP contribution in [0.2, 0.25) is 0 Å². The minimum Gasteiger partial charge on any atom is -0.368 e.